The zero-order chi connectivity index (χ0) is 24.4. The highest BCUT2D eigenvalue weighted by molar-refractivity contribution is 5.79. The number of carbonyl (C=O) groups is 1. The molecule has 5 rings (SSSR count). The van der Waals surface area contributed by atoms with Crippen LogP contribution < -0.4 is 15.4 Å². The van der Waals surface area contributed by atoms with Crippen LogP contribution in [0.25, 0.3) is 17.5 Å². The Bertz CT molecular complexity index is 1270. The number of aryl methyl sites for hydroxylation is 1. The summed E-state index contributed by atoms with van der Waals surface area (Å²) in [5.74, 6) is 1.62. The molecule has 0 bridgehead atoms. The number of benzene rings is 1. The van der Waals surface area contributed by atoms with Crippen molar-refractivity contribution in [2.75, 3.05) is 32.6 Å². The summed E-state index contributed by atoms with van der Waals surface area (Å²) in [4.78, 5) is 27.8. The standard InChI is InChI=1S/C27H30N6O2/c1-17-12-20(4-5-21(17)18-7-10-33(2)11-8-18)30-27-26-19(6-9-29-24(26)16-34)13-22(32-27)23-14-28-15-25(31-23)35-3/h4-6,9,12-16,18,24,29H,7-8,10-11H2,1-3H3,(H,30,32). The summed E-state index contributed by atoms with van der Waals surface area (Å²) >= 11 is 0. The lowest BCUT2D eigenvalue weighted by Gasteiger charge is -2.30. The topological polar surface area (TPSA) is 92.3 Å². The minimum Gasteiger partial charge on any atom is -0.480 e. The van der Waals surface area contributed by atoms with Gasteiger partial charge in [0.25, 0.3) is 0 Å². The molecular weight excluding hydrogens is 440 g/mol. The van der Waals surface area contributed by atoms with Gasteiger partial charge in [-0.1, -0.05) is 6.07 Å². The predicted molar refractivity (Wildman–Crippen MR) is 137 cm³/mol. The van der Waals surface area contributed by atoms with Gasteiger partial charge in [-0.3, -0.25) is 4.98 Å². The number of carbonyl (C=O) groups excluding carboxylic acids is 1. The van der Waals surface area contributed by atoms with Gasteiger partial charge in [-0.15, -0.1) is 0 Å². The Hall–Kier alpha value is -3.78. The Kier molecular flexibility index (Phi) is 6.46. The number of nitrogens with zero attached hydrogens (tertiary/aromatic N) is 4. The fourth-order valence-electron chi connectivity index (χ4n) is 4.94. The molecule has 1 atom stereocenters. The number of aldehydes is 1. The first-order valence-electron chi connectivity index (χ1n) is 11.9. The Morgan fingerprint density at radius 2 is 1.97 bits per heavy atom. The average molecular weight is 471 g/mol. The molecule has 2 aromatic heterocycles. The van der Waals surface area contributed by atoms with Crippen molar-refractivity contribution in [1.82, 2.24) is 25.2 Å². The number of hydrogen-bond acceptors (Lipinski definition) is 8. The maximum Gasteiger partial charge on any atom is 0.232 e. The Balaban J connectivity index is 1.51. The van der Waals surface area contributed by atoms with Gasteiger partial charge >= 0.3 is 0 Å². The maximum atomic E-state index is 11.9. The first-order chi connectivity index (χ1) is 17.1. The molecule has 0 spiro atoms. The summed E-state index contributed by atoms with van der Waals surface area (Å²) in [5.41, 5.74) is 6.55. The van der Waals surface area contributed by atoms with Crippen molar-refractivity contribution in [2.45, 2.75) is 31.7 Å². The van der Waals surface area contributed by atoms with Gasteiger partial charge in [-0.05, 0) is 93.0 Å². The lowest BCUT2D eigenvalue weighted by atomic mass is 9.87. The van der Waals surface area contributed by atoms with Crippen LogP contribution in [0.5, 0.6) is 5.88 Å². The van der Waals surface area contributed by atoms with Gasteiger partial charge in [0.2, 0.25) is 5.88 Å². The number of fused-ring (bicyclic) bond motifs is 1. The second kappa shape index (κ2) is 9.84. The molecule has 4 heterocycles. The van der Waals surface area contributed by atoms with Crippen molar-refractivity contribution in [3.05, 3.63) is 65.1 Å². The molecule has 0 radical (unpaired) electrons. The molecule has 8 heteroatoms. The van der Waals surface area contributed by atoms with Gasteiger partial charge in [0.05, 0.1) is 25.2 Å². The number of nitrogens with one attached hydrogen (secondary N) is 2. The van der Waals surface area contributed by atoms with Crippen LogP contribution in [0.1, 0.15) is 47.1 Å². The average Bonchev–Trinajstić information content (AvgIpc) is 2.89. The molecule has 2 aliphatic heterocycles. The van der Waals surface area contributed by atoms with Crippen LogP contribution in [0, 0.1) is 6.92 Å². The van der Waals surface area contributed by atoms with E-state index in [2.05, 4.69) is 57.7 Å². The lowest BCUT2D eigenvalue weighted by molar-refractivity contribution is -0.109. The monoisotopic (exact) mass is 470 g/mol. The molecule has 180 valence electrons. The number of likely N-dealkylation sites (tertiary alicyclic amines) is 1. The van der Waals surface area contributed by atoms with E-state index in [-0.39, 0.29) is 0 Å². The van der Waals surface area contributed by atoms with Crippen molar-refractivity contribution in [3.63, 3.8) is 0 Å². The molecular formula is C27H30N6O2. The van der Waals surface area contributed by atoms with Gasteiger partial charge in [0, 0.05) is 11.3 Å². The Morgan fingerprint density at radius 3 is 2.71 bits per heavy atom. The molecule has 35 heavy (non-hydrogen) atoms. The third-order valence-electron chi connectivity index (χ3n) is 6.85. The van der Waals surface area contributed by atoms with Crippen LogP contribution in [0.4, 0.5) is 11.5 Å². The van der Waals surface area contributed by atoms with Crippen molar-refractivity contribution in [2.24, 2.45) is 0 Å². The number of anilines is 2. The third kappa shape index (κ3) is 4.74. The first-order valence-corrected chi connectivity index (χ1v) is 11.9. The van der Waals surface area contributed by atoms with Gasteiger partial charge in [-0.2, -0.15) is 0 Å². The highest BCUT2D eigenvalue weighted by Crippen LogP contribution is 2.35. The summed E-state index contributed by atoms with van der Waals surface area (Å²) in [7, 11) is 3.74. The van der Waals surface area contributed by atoms with E-state index < -0.39 is 6.04 Å². The van der Waals surface area contributed by atoms with E-state index >= 15 is 0 Å². The molecule has 8 nitrogen and oxygen atoms in total. The number of rotatable bonds is 6. The number of ether oxygens (including phenoxy) is 1. The summed E-state index contributed by atoms with van der Waals surface area (Å²) < 4.78 is 5.24. The zero-order valence-electron chi connectivity index (χ0n) is 20.3. The molecule has 1 fully saturated rings. The van der Waals surface area contributed by atoms with E-state index in [1.807, 2.05) is 12.1 Å². The summed E-state index contributed by atoms with van der Waals surface area (Å²) in [5, 5.41) is 6.60. The minimum absolute atomic E-state index is 0.416. The largest absolute Gasteiger partial charge is 0.480 e. The van der Waals surface area contributed by atoms with Crippen molar-refractivity contribution >= 4 is 23.9 Å². The van der Waals surface area contributed by atoms with Crippen LogP contribution >= 0.6 is 0 Å². The van der Waals surface area contributed by atoms with Gasteiger partial charge in [0.15, 0.2) is 0 Å². The minimum atomic E-state index is -0.491. The van der Waals surface area contributed by atoms with E-state index in [1.165, 1.54) is 24.0 Å². The van der Waals surface area contributed by atoms with Gasteiger partial charge in [0.1, 0.15) is 23.8 Å². The van der Waals surface area contributed by atoms with E-state index in [4.69, 9.17) is 9.72 Å². The van der Waals surface area contributed by atoms with Crippen molar-refractivity contribution in [3.8, 4) is 17.3 Å². The molecule has 0 saturated carbocycles. The fourth-order valence-corrected chi connectivity index (χ4v) is 4.94. The smallest absolute Gasteiger partial charge is 0.232 e. The quantitative estimate of drug-likeness (QED) is 0.518. The molecule has 2 aliphatic rings. The molecule has 1 saturated heterocycles. The summed E-state index contributed by atoms with van der Waals surface area (Å²) in [6.07, 6.45) is 10.2. The second-order valence-electron chi connectivity index (χ2n) is 9.19. The fraction of sp³-hybridized carbons (Fsp3) is 0.333. The molecule has 1 unspecified atom stereocenters. The second-order valence-corrected chi connectivity index (χ2v) is 9.19. The Labute approximate surface area is 205 Å². The molecule has 1 aromatic carbocycles. The first kappa shape index (κ1) is 23.0. The zero-order valence-corrected chi connectivity index (χ0v) is 20.3. The van der Waals surface area contributed by atoms with Gasteiger partial charge < -0.3 is 25.1 Å². The van der Waals surface area contributed by atoms with Crippen LogP contribution in [-0.4, -0.2) is 53.4 Å². The van der Waals surface area contributed by atoms with E-state index in [0.29, 0.717) is 29.0 Å². The third-order valence-corrected chi connectivity index (χ3v) is 6.85. The number of piperidine rings is 1. The number of methoxy groups -OCH3 is 1. The predicted octanol–water partition coefficient (Wildman–Crippen LogP) is 4.22. The Morgan fingerprint density at radius 1 is 1.14 bits per heavy atom. The normalized spacial score (nSPS) is 18.0. The SMILES string of the molecule is COc1cncc(-c2cc3c(c(Nc4ccc(C5CCN(C)CC5)c(C)c4)n2)C(C=O)NC=C3)n1. The van der Waals surface area contributed by atoms with Crippen LogP contribution in [0.3, 0.4) is 0 Å². The number of hydrogen-bond donors (Lipinski definition) is 2. The molecule has 0 aliphatic carbocycles. The number of aromatic nitrogens is 3. The summed E-state index contributed by atoms with van der Waals surface area (Å²) in [6.45, 7) is 4.43. The van der Waals surface area contributed by atoms with Crippen LogP contribution in [0.2, 0.25) is 0 Å². The van der Waals surface area contributed by atoms with Crippen LogP contribution in [0.15, 0.2) is 42.9 Å². The van der Waals surface area contributed by atoms with E-state index in [0.717, 1.165) is 36.2 Å². The molecule has 3 aromatic rings. The van der Waals surface area contributed by atoms with Gasteiger partial charge in [-0.25, -0.2) is 9.97 Å². The molecule has 0 amide bonds. The summed E-state index contributed by atoms with van der Waals surface area (Å²) in [6, 6.07) is 7.94. The lowest BCUT2D eigenvalue weighted by Crippen LogP contribution is -2.29. The maximum absolute atomic E-state index is 11.9. The van der Waals surface area contributed by atoms with Crippen LogP contribution in [-0.2, 0) is 4.79 Å². The van der Waals surface area contributed by atoms with E-state index in [9.17, 15) is 4.79 Å². The van der Waals surface area contributed by atoms with E-state index in [1.54, 1.807) is 25.7 Å². The molecule has 2 N–H and O–H groups in total. The number of pyridine rings is 1. The highest BCUT2D eigenvalue weighted by atomic mass is 16.5. The van der Waals surface area contributed by atoms with Crippen molar-refractivity contribution in [1.29, 1.82) is 0 Å². The van der Waals surface area contributed by atoms with Crippen molar-refractivity contribution < 1.29 is 9.53 Å². The highest BCUT2D eigenvalue weighted by Gasteiger charge is 2.24.